The predicted molar refractivity (Wildman–Crippen MR) is 76.3 cm³/mol. The monoisotopic (exact) mass is 289 g/mol. The highest BCUT2D eigenvalue weighted by Crippen LogP contribution is 2.17. The van der Waals surface area contributed by atoms with E-state index in [2.05, 4.69) is 10.6 Å². The van der Waals surface area contributed by atoms with E-state index in [9.17, 15) is 9.59 Å². The zero-order chi connectivity index (χ0) is 12.8. The number of carbonyl (C=O) groups is 2. The van der Waals surface area contributed by atoms with Crippen LogP contribution in [0.3, 0.4) is 0 Å². The SMILES string of the molecule is Cl.O=C(CN1CCNCC1=O)NC1CCCCCC1. The van der Waals surface area contributed by atoms with E-state index in [-0.39, 0.29) is 30.8 Å². The van der Waals surface area contributed by atoms with Crippen LogP contribution in [-0.2, 0) is 9.59 Å². The Balaban J connectivity index is 0.00000180. The van der Waals surface area contributed by atoms with Gasteiger partial charge in [0.25, 0.3) is 0 Å². The summed E-state index contributed by atoms with van der Waals surface area (Å²) in [4.78, 5) is 25.1. The Morgan fingerprint density at radius 2 is 1.95 bits per heavy atom. The Bertz CT molecular complexity index is 304. The number of nitrogens with zero attached hydrogens (tertiary/aromatic N) is 1. The lowest BCUT2D eigenvalue weighted by Gasteiger charge is -2.27. The average molecular weight is 290 g/mol. The maximum absolute atomic E-state index is 11.9. The molecule has 110 valence electrons. The first-order valence-corrected chi connectivity index (χ1v) is 7.03. The van der Waals surface area contributed by atoms with Crippen molar-refractivity contribution in [3.8, 4) is 0 Å². The van der Waals surface area contributed by atoms with Crippen LogP contribution in [0.5, 0.6) is 0 Å². The molecule has 2 amide bonds. The van der Waals surface area contributed by atoms with Crippen molar-refractivity contribution in [3.63, 3.8) is 0 Å². The van der Waals surface area contributed by atoms with Crippen molar-refractivity contribution in [1.82, 2.24) is 15.5 Å². The minimum absolute atomic E-state index is 0. The van der Waals surface area contributed by atoms with Crippen molar-refractivity contribution in [2.45, 2.75) is 44.6 Å². The van der Waals surface area contributed by atoms with E-state index in [0.29, 0.717) is 19.1 Å². The summed E-state index contributed by atoms with van der Waals surface area (Å²) in [6.45, 7) is 1.99. The largest absolute Gasteiger partial charge is 0.352 e. The molecule has 2 fully saturated rings. The summed E-state index contributed by atoms with van der Waals surface area (Å²) in [5, 5.41) is 6.08. The highest BCUT2D eigenvalue weighted by atomic mass is 35.5. The van der Waals surface area contributed by atoms with Gasteiger partial charge in [-0.15, -0.1) is 12.4 Å². The van der Waals surface area contributed by atoms with Crippen molar-refractivity contribution in [2.24, 2.45) is 0 Å². The van der Waals surface area contributed by atoms with E-state index < -0.39 is 0 Å². The molecule has 0 spiro atoms. The van der Waals surface area contributed by atoms with Gasteiger partial charge in [0.15, 0.2) is 0 Å². The molecular formula is C13H24ClN3O2. The van der Waals surface area contributed by atoms with Gasteiger partial charge in [-0.25, -0.2) is 0 Å². The van der Waals surface area contributed by atoms with Crippen LogP contribution in [0.25, 0.3) is 0 Å². The summed E-state index contributed by atoms with van der Waals surface area (Å²) < 4.78 is 0. The van der Waals surface area contributed by atoms with Crippen LogP contribution in [-0.4, -0.2) is 48.9 Å². The zero-order valence-electron chi connectivity index (χ0n) is 11.3. The number of nitrogens with one attached hydrogen (secondary N) is 2. The Morgan fingerprint density at radius 1 is 1.26 bits per heavy atom. The molecule has 1 saturated carbocycles. The first kappa shape index (κ1) is 16.2. The van der Waals surface area contributed by atoms with Crippen LogP contribution in [0.4, 0.5) is 0 Å². The molecule has 1 saturated heterocycles. The van der Waals surface area contributed by atoms with Crippen molar-refractivity contribution < 1.29 is 9.59 Å². The summed E-state index contributed by atoms with van der Waals surface area (Å²) in [5.74, 6) is 0.0226. The second kappa shape index (κ2) is 8.38. The minimum Gasteiger partial charge on any atom is -0.352 e. The summed E-state index contributed by atoms with van der Waals surface area (Å²) in [7, 11) is 0. The third-order valence-electron chi connectivity index (χ3n) is 3.74. The van der Waals surface area contributed by atoms with E-state index in [0.717, 1.165) is 19.4 Å². The van der Waals surface area contributed by atoms with Crippen molar-refractivity contribution >= 4 is 24.2 Å². The summed E-state index contributed by atoms with van der Waals surface area (Å²) in [6, 6.07) is 0.318. The fourth-order valence-electron chi connectivity index (χ4n) is 2.68. The number of hydrogen-bond donors (Lipinski definition) is 2. The molecule has 0 atom stereocenters. The second-order valence-corrected chi connectivity index (χ2v) is 5.25. The summed E-state index contributed by atoms with van der Waals surface area (Å²) in [5.41, 5.74) is 0. The van der Waals surface area contributed by atoms with Crippen LogP contribution in [0.2, 0.25) is 0 Å². The number of rotatable bonds is 3. The molecule has 2 rings (SSSR count). The van der Waals surface area contributed by atoms with Crippen LogP contribution >= 0.6 is 12.4 Å². The fourth-order valence-corrected chi connectivity index (χ4v) is 2.68. The molecule has 0 bridgehead atoms. The maximum atomic E-state index is 11.9. The van der Waals surface area contributed by atoms with Crippen LogP contribution in [0.1, 0.15) is 38.5 Å². The van der Waals surface area contributed by atoms with Crippen LogP contribution < -0.4 is 10.6 Å². The van der Waals surface area contributed by atoms with Gasteiger partial charge in [0.05, 0.1) is 13.1 Å². The molecule has 0 radical (unpaired) electrons. The molecule has 5 nitrogen and oxygen atoms in total. The van der Waals surface area contributed by atoms with E-state index in [1.54, 1.807) is 4.90 Å². The third kappa shape index (κ3) is 5.37. The van der Waals surface area contributed by atoms with Gasteiger partial charge in [-0.05, 0) is 12.8 Å². The highest BCUT2D eigenvalue weighted by molar-refractivity contribution is 5.86. The molecule has 0 aromatic carbocycles. The topological polar surface area (TPSA) is 61.4 Å². The first-order valence-electron chi connectivity index (χ1n) is 7.03. The lowest BCUT2D eigenvalue weighted by Crippen LogP contribution is -2.52. The molecule has 1 aliphatic heterocycles. The Morgan fingerprint density at radius 3 is 2.58 bits per heavy atom. The minimum atomic E-state index is -0.00264. The Kier molecular flexibility index (Phi) is 7.16. The standard InChI is InChI=1S/C13H23N3O2.ClH/c17-12(10-16-8-7-14-9-13(16)18)15-11-5-3-1-2-4-6-11;/h11,14H,1-10H2,(H,15,17);1H. The number of amides is 2. The quantitative estimate of drug-likeness (QED) is 0.751. The molecule has 0 aromatic rings. The van der Waals surface area contributed by atoms with Gasteiger partial charge in [0.1, 0.15) is 0 Å². The molecule has 1 aliphatic carbocycles. The number of piperazine rings is 1. The van der Waals surface area contributed by atoms with Crippen molar-refractivity contribution in [3.05, 3.63) is 0 Å². The van der Waals surface area contributed by atoms with Gasteiger partial charge >= 0.3 is 0 Å². The zero-order valence-corrected chi connectivity index (χ0v) is 12.1. The number of hydrogen-bond acceptors (Lipinski definition) is 3. The van der Waals surface area contributed by atoms with E-state index >= 15 is 0 Å². The molecule has 0 aromatic heterocycles. The number of halogens is 1. The first-order chi connectivity index (χ1) is 8.75. The van der Waals surface area contributed by atoms with Crippen LogP contribution in [0, 0.1) is 0 Å². The molecule has 0 unspecified atom stereocenters. The number of carbonyl (C=O) groups excluding carboxylic acids is 2. The normalized spacial score (nSPS) is 21.5. The lowest BCUT2D eigenvalue weighted by atomic mass is 10.1. The average Bonchev–Trinajstić information content (AvgIpc) is 2.61. The summed E-state index contributed by atoms with van der Waals surface area (Å²) in [6.07, 6.45) is 7.14. The molecular weight excluding hydrogens is 266 g/mol. The Hall–Kier alpha value is -0.810. The summed E-state index contributed by atoms with van der Waals surface area (Å²) >= 11 is 0. The van der Waals surface area contributed by atoms with Gasteiger partial charge < -0.3 is 15.5 Å². The maximum Gasteiger partial charge on any atom is 0.239 e. The molecule has 2 aliphatic rings. The third-order valence-corrected chi connectivity index (χ3v) is 3.74. The van der Waals surface area contributed by atoms with E-state index in [1.807, 2.05) is 0 Å². The van der Waals surface area contributed by atoms with Gasteiger partial charge in [-0.2, -0.15) is 0 Å². The van der Waals surface area contributed by atoms with Gasteiger partial charge in [-0.1, -0.05) is 25.7 Å². The van der Waals surface area contributed by atoms with Crippen molar-refractivity contribution in [1.29, 1.82) is 0 Å². The van der Waals surface area contributed by atoms with Crippen LogP contribution in [0.15, 0.2) is 0 Å². The van der Waals surface area contributed by atoms with E-state index in [4.69, 9.17) is 0 Å². The van der Waals surface area contributed by atoms with Gasteiger partial charge in [0, 0.05) is 19.1 Å². The lowest BCUT2D eigenvalue weighted by molar-refractivity contribution is -0.137. The molecule has 6 heteroatoms. The van der Waals surface area contributed by atoms with Crippen molar-refractivity contribution in [2.75, 3.05) is 26.2 Å². The van der Waals surface area contributed by atoms with Gasteiger partial charge in [-0.3, -0.25) is 9.59 Å². The fraction of sp³-hybridized carbons (Fsp3) is 0.846. The van der Waals surface area contributed by atoms with Gasteiger partial charge in [0.2, 0.25) is 11.8 Å². The predicted octanol–water partition coefficient (Wildman–Crippen LogP) is 0.679. The Labute approximate surface area is 120 Å². The molecule has 2 N–H and O–H groups in total. The van der Waals surface area contributed by atoms with E-state index in [1.165, 1.54) is 25.7 Å². The highest BCUT2D eigenvalue weighted by Gasteiger charge is 2.21. The molecule has 19 heavy (non-hydrogen) atoms. The molecule has 1 heterocycles. The smallest absolute Gasteiger partial charge is 0.239 e. The second-order valence-electron chi connectivity index (χ2n) is 5.25.